The predicted octanol–water partition coefficient (Wildman–Crippen LogP) is -0.373. The van der Waals surface area contributed by atoms with E-state index >= 15 is 0 Å². The molecule has 0 radical (unpaired) electrons. The molecule has 8 nitrogen and oxygen atoms in total. The minimum Gasteiger partial charge on any atom is -0.491 e. The van der Waals surface area contributed by atoms with Crippen LogP contribution >= 0.6 is 0 Å². The largest absolute Gasteiger partial charge is 0.491 e. The fourth-order valence-corrected chi connectivity index (χ4v) is 2.67. The maximum absolute atomic E-state index is 11.3. The normalized spacial score (nSPS) is 29.9. The Morgan fingerprint density at radius 1 is 1.25 bits per heavy atom. The van der Waals surface area contributed by atoms with Crippen LogP contribution in [0.2, 0.25) is 0 Å². The maximum Gasteiger partial charge on any atom is 0.336 e. The molecule has 0 saturated carbocycles. The fraction of sp³-hybridized carbons (Fsp3) is 0.438. The van der Waals surface area contributed by atoms with E-state index in [1.807, 2.05) is 0 Å². The van der Waals surface area contributed by atoms with Crippen LogP contribution in [0.1, 0.15) is 0 Å². The van der Waals surface area contributed by atoms with Crippen molar-refractivity contribution in [3.63, 3.8) is 0 Å². The summed E-state index contributed by atoms with van der Waals surface area (Å²) in [5.41, 5.74) is -0.0975. The summed E-state index contributed by atoms with van der Waals surface area (Å²) >= 11 is 0. The summed E-state index contributed by atoms with van der Waals surface area (Å²) in [5, 5.41) is 30.1. The Balaban J connectivity index is 1.73. The van der Waals surface area contributed by atoms with Gasteiger partial charge in [-0.3, -0.25) is 0 Å². The minimum absolute atomic E-state index is 0.0914. The lowest BCUT2D eigenvalue weighted by Gasteiger charge is -2.27. The number of hydrogen-bond acceptors (Lipinski definition) is 8. The summed E-state index contributed by atoms with van der Waals surface area (Å²) in [7, 11) is 1.26. The molecule has 1 aliphatic heterocycles. The maximum atomic E-state index is 11.3. The van der Waals surface area contributed by atoms with E-state index in [0.717, 1.165) is 5.39 Å². The second-order valence-corrected chi connectivity index (χ2v) is 5.53. The summed E-state index contributed by atoms with van der Waals surface area (Å²) in [4.78, 5) is 11.3. The Hall–Kier alpha value is -1.97. The van der Waals surface area contributed by atoms with Crippen molar-refractivity contribution in [1.82, 2.24) is 0 Å². The van der Waals surface area contributed by atoms with Crippen molar-refractivity contribution in [2.24, 2.45) is 0 Å². The van der Waals surface area contributed by atoms with E-state index in [2.05, 4.69) is 0 Å². The third-order valence-electron chi connectivity index (χ3n) is 4.08. The summed E-state index contributed by atoms with van der Waals surface area (Å²) < 4.78 is 21.0. The van der Waals surface area contributed by atoms with Gasteiger partial charge in [0.15, 0.2) is 0 Å². The summed E-state index contributed by atoms with van der Waals surface area (Å²) in [6.45, 7) is -0.703. The number of methoxy groups -OCH3 is 1. The molecule has 130 valence electrons. The highest BCUT2D eigenvalue weighted by atomic mass is 16.7. The molecule has 0 bridgehead atoms. The number of fused-ring (bicyclic) bond motifs is 1. The Bertz CT molecular complexity index is 766. The zero-order valence-corrected chi connectivity index (χ0v) is 12.9. The number of rotatable bonds is 5. The standard InChI is InChI=1S/C16H18O8/c1-21-16(8-17)15(20)14(19)12(24-16)7-22-10-4-2-9-3-5-13(18)23-11(9)6-10/h2-6,12,14-15,17,19-20H,7-8H2,1H3/t12-,14-,15+,16+/m1/s1. The molecule has 2 heterocycles. The summed E-state index contributed by atoms with van der Waals surface area (Å²) in [6.07, 6.45) is -3.59. The van der Waals surface area contributed by atoms with Gasteiger partial charge in [-0.05, 0) is 18.2 Å². The zero-order chi connectivity index (χ0) is 17.3. The third kappa shape index (κ3) is 2.90. The Labute approximate surface area is 136 Å². The lowest BCUT2D eigenvalue weighted by molar-refractivity contribution is -0.263. The van der Waals surface area contributed by atoms with Crippen LogP contribution in [0.4, 0.5) is 0 Å². The van der Waals surface area contributed by atoms with Gasteiger partial charge in [-0.2, -0.15) is 0 Å². The van der Waals surface area contributed by atoms with Crippen molar-refractivity contribution in [1.29, 1.82) is 0 Å². The molecule has 3 rings (SSSR count). The van der Waals surface area contributed by atoms with E-state index in [4.69, 9.17) is 18.6 Å². The van der Waals surface area contributed by atoms with Gasteiger partial charge < -0.3 is 33.9 Å². The van der Waals surface area contributed by atoms with Crippen molar-refractivity contribution < 1.29 is 33.9 Å². The molecule has 24 heavy (non-hydrogen) atoms. The molecule has 1 aliphatic rings. The molecule has 0 amide bonds. The molecule has 1 aromatic carbocycles. The van der Waals surface area contributed by atoms with E-state index in [1.54, 1.807) is 24.3 Å². The van der Waals surface area contributed by atoms with E-state index in [9.17, 15) is 20.1 Å². The van der Waals surface area contributed by atoms with Crippen molar-refractivity contribution in [3.05, 3.63) is 40.8 Å². The van der Waals surface area contributed by atoms with Gasteiger partial charge in [-0.15, -0.1) is 0 Å². The quantitative estimate of drug-likeness (QED) is 0.632. The predicted molar refractivity (Wildman–Crippen MR) is 81.7 cm³/mol. The van der Waals surface area contributed by atoms with Crippen LogP contribution in [0.3, 0.4) is 0 Å². The number of benzene rings is 1. The topological polar surface area (TPSA) is 119 Å². The van der Waals surface area contributed by atoms with Gasteiger partial charge in [0, 0.05) is 24.6 Å². The van der Waals surface area contributed by atoms with E-state index in [-0.39, 0.29) is 6.61 Å². The van der Waals surface area contributed by atoms with Crippen molar-refractivity contribution >= 4 is 11.0 Å². The van der Waals surface area contributed by atoms with E-state index in [1.165, 1.54) is 13.2 Å². The number of aliphatic hydroxyl groups is 3. The molecule has 1 aromatic heterocycles. The van der Waals surface area contributed by atoms with Gasteiger partial charge in [0.05, 0.1) is 0 Å². The first-order valence-corrected chi connectivity index (χ1v) is 7.36. The molecular weight excluding hydrogens is 320 g/mol. The highest BCUT2D eigenvalue weighted by Gasteiger charge is 2.54. The molecule has 0 unspecified atom stereocenters. The molecular formula is C16H18O8. The number of ether oxygens (including phenoxy) is 3. The van der Waals surface area contributed by atoms with E-state index in [0.29, 0.717) is 11.3 Å². The van der Waals surface area contributed by atoms with Crippen LogP contribution < -0.4 is 10.4 Å². The second-order valence-electron chi connectivity index (χ2n) is 5.53. The van der Waals surface area contributed by atoms with Gasteiger partial charge in [-0.25, -0.2) is 4.79 Å². The molecule has 0 spiro atoms. The molecule has 8 heteroatoms. The Morgan fingerprint density at radius 2 is 2.00 bits per heavy atom. The summed E-state index contributed by atoms with van der Waals surface area (Å²) in [6, 6.07) is 7.91. The zero-order valence-electron chi connectivity index (χ0n) is 12.9. The Morgan fingerprint density at radius 3 is 2.67 bits per heavy atom. The third-order valence-corrected chi connectivity index (χ3v) is 4.08. The van der Waals surface area contributed by atoms with Gasteiger partial charge >= 0.3 is 5.63 Å². The first-order valence-electron chi connectivity index (χ1n) is 7.36. The van der Waals surface area contributed by atoms with Crippen molar-refractivity contribution in [3.8, 4) is 5.75 Å². The first-order chi connectivity index (χ1) is 11.5. The van der Waals surface area contributed by atoms with Crippen LogP contribution in [0, 0.1) is 0 Å². The minimum atomic E-state index is -1.68. The average Bonchev–Trinajstić information content (AvgIpc) is 2.84. The van der Waals surface area contributed by atoms with Crippen molar-refractivity contribution in [2.75, 3.05) is 20.3 Å². The van der Waals surface area contributed by atoms with E-state index < -0.39 is 36.3 Å². The number of hydrogen-bond donors (Lipinski definition) is 3. The average molecular weight is 338 g/mol. The SMILES string of the molecule is CO[C@@]1(CO)O[C@H](COc2ccc3ccc(=O)oc3c2)[C@@H](O)[C@@H]1O. The van der Waals surface area contributed by atoms with Crippen molar-refractivity contribution in [2.45, 2.75) is 24.1 Å². The van der Waals surface area contributed by atoms with Crippen LogP contribution in [0.25, 0.3) is 11.0 Å². The van der Waals surface area contributed by atoms with Crippen LogP contribution in [0.5, 0.6) is 5.75 Å². The molecule has 2 aromatic rings. The number of aliphatic hydroxyl groups excluding tert-OH is 3. The molecule has 1 saturated heterocycles. The smallest absolute Gasteiger partial charge is 0.336 e. The van der Waals surface area contributed by atoms with Crippen LogP contribution in [0.15, 0.2) is 39.5 Å². The summed E-state index contributed by atoms with van der Waals surface area (Å²) in [5.74, 6) is -1.27. The van der Waals surface area contributed by atoms with Crippen LogP contribution in [-0.4, -0.2) is 59.7 Å². The molecule has 0 aliphatic carbocycles. The lowest BCUT2D eigenvalue weighted by Crippen LogP contribution is -2.47. The lowest BCUT2D eigenvalue weighted by atomic mass is 10.1. The van der Waals surface area contributed by atoms with Crippen LogP contribution in [-0.2, 0) is 9.47 Å². The second kappa shape index (κ2) is 6.50. The Kier molecular flexibility index (Phi) is 4.57. The molecule has 4 atom stereocenters. The van der Waals surface area contributed by atoms with Gasteiger partial charge in [0.1, 0.15) is 42.9 Å². The first kappa shape index (κ1) is 16.9. The van der Waals surface area contributed by atoms with Gasteiger partial charge in [0.25, 0.3) is 0 Å². The monoisotopic (exact) mass is 338 g/mol. The molecule has 1 fully saturated rings. The fourth-order valence-electron chi connectivity index (χ4n) is 2.67. The van der Waals surface area contributed by atoms with Gasteiger partial charge in [-0.1, -0.05) is 0 Å². The van der Waals surface area contributed by atoms with Gasteiger partial charge in [0.2, 0.25) is 5.79 Å². The highest BCUT2D eigenvalue weighted by Crippen LogP contribution is 2.32. The molecule has 3 N–H and O–H groups in total. The highest BCUT2D eigenvalue weighted by molar-refractivity contribution is 5.77.